The number of morpholine rings is 1. The van der Waals surface area contributed by atoms with Crippen molar-refractivity contribution in [1.29, 1.82) is 0 Å². The number of amides is 1. The summed E-state index contributed by atoms with van der Waals surface area (Å²) in [6, 6.07) is 9.91. The van der Waals surface area contributed by atoms with Crippen molar-refractivity contribution in [3.63, 3.8) is 0 Å². The molecule has 0 aromatic heterocycles. The Labute approximate surface area is 164 Å². The molecule has 1 heterocycles. The van der Waals surface area contributed by atoms with Crippen molar-refractivity contribution < 1.29 is 22.3 Å². The number of carbonyl (C=O) groups excluding carboxylic acids is 1. The largest absolute Gasteiger partial charge is 0.372 e. The Kier molecular flexibility index (Phi) is 5.71. The minimum Gasteiger partial charge on any atom is -0.372 e. The molecule has 0 aliphatic carbocycles. The summed E-state index contributed by atoms with van der Waals surface area (Å²) in [7, 11) is -3.98. The number of nitrogens with zero attached hydrogens (tertiary/aromatic N) is 1. The van der Waals surface area contributed by atoms with Crippen LogP contribution in [0, 0.1) is 12.7 Å². The summed E-state index contributed by atoms with van der Waals surface area (Å²) in [5.41, 5.74) is 0.724. The first-order valence-electron chi connectivity index (χ1n) is 9.00. The summed E-state index contributed by atoms with van der Waals surface area (Å²) in [6.07, 6.45) is -0.197. The summed E-state index contributed by atoms with van der Waals surface area (Å²) in [6.45, 7) is 6.16. The maximum atomic E-state index is 13.3. The Bertz CT molecular complexity index is 983. The number of nitrogens with one attached hydrogen (secondary N) is 1. The molecule has 8 heteroatoms. The minimum atomic E-state index is -3.98. The van der Waals surface area contributed by atoms with Gasteiger partial charge in [-0.2, -0.15) is 0 Å². The standard InChI is InChI=1S/C20H23FN2O4S/c1-13-10-16(21)8-9-19(13)28(25,26)22-18-7-5-4-6-17(18)20(24)23-11-14(2)27-15(3)12-23/h4-10,14-15,22H,11-12H2,1-3H3/t14-,15-/m0/s1. The van der Waals surface area contributed by atoms with E-state index in [0.717, 1.165) is 12.1 Å². The van der Waals surface area contributed by atoms with E-state index in [1.165, 1.54) is 19.1 Å². The van der Waals surface area contributed by atoms with Crippen molar-refractivity contribution in [3.05, 3.63) is 59.4 Å². The first-order chi connectivity index (χ1) is 13.2. The van der Waals surface area contributed by atoms with Crippen LogP contribution in [0.25, 0.3) is 0 Å². The van der Waals surface area contributed by atoms with Crippen LogP contribution in [0.5, 0.6) is 0 Å². The molecule has 1 N–H and O–H groups in total. The second kappa shape index (κ2) is 7.89. The third-order valence-electron chi connectivity index (χ3n) is 4.54. The average molecular weight is 406 g/mol. The van der Waals surface area contributed by atoms with E-state index in [0.29, 0.717) is 13.1 Å². The number of sulfonamides is 1. The zero-order valence-electron chi connectivity index (χ0n) is 16.0. The third-order valence-corrected chi connectivity index (χ3v) is 6.06. The molecule has 2 aromatic rings. The fraction of sp³-hybridized carbons (Fsp3) is 0.350. The van der Waals surface area contributed by atoms with E-state index in [1.807, 2.05) is 13.8 Å². The highest BCUT2D eigenvalue weighted by Gasteiger charge is 2.28. The van der Waals surface area contributed by atoms with Crippen molar-refractivity contribution in [2.24, 2.45) is 0 Å². The highest BCUT2D eigenvalue weighted by atomic mass is 32.2. The number of ether oxygens (including phenoxy) is 1. The summed E-state index contributed by atoms with van der Waals surface area (Å²) in [4.78, 5) is 14.7. The Morgan fingerprint density at radius 2 is 1.79 bits per heavy atom. The summed E-state index contributed by atoms with van der Waals surface area (Å²) < 4.78 is 47.1. The number of hydrogen-bond donors (Lipinski definition) is 1. The van der Waals surface area contributed by atoms with E-state index in [1.54, 1.807) is 23.1 Å². The number of rotatable bonds is 4. The van der Waals surface area contributed by atoms with Gasteiger partial charge in [0, 0.05) is 13.1 Å². The molecule has 28 heavy (non-hydrogen) atoms. The topological polar surface area (TPSA) is 75.7 Å². The molecule has 0 saturated carbocycles. The molecule has 0 spiro atoms. The number of carbonyl (C=O) groups is 1. The normalized spacial score (nSPS) is 20.1. The smallest absolute Gasteiger partial charge is 0.262 e. The number of anilines is 1. The van der Waals surface area contributed by atoms with Gasteiger partial charge >= 0.3 is 0 Å². The lowest BCUT2D eigenvalue weighted by atomic mass is 10.1. The van der Waals surface area contributed by atoms with Crippen molar-refractivity contribution in [2.75, 3.05) is 17.8 Å². The molecule has 1 amide bonds. The molecule has 1 fully saturated rings. The van der Waals surface area contributed by atoms with Crippen LogP contribution in [0.15, 0.2) is 47.4 Å². The Hall–Kier alpha value is -2.45. The first-order valence-corrected chi connectivity index (χ1v) is 10.5. The Balaban J connectivity index is 1.91. The van der Waals surface area contributed by atoms with E-state index >= 15 is 0 Å². The molecule has 150 valence electrons. The van der Waals surface area contributed by atoms with Gasteiger partial charge in [-0.3, -0.25) is 9.52 Å². The zero-order valence-corrected chi connectivity index (χ0v) is 16.8. The SMILES string of the molecule is Cc1cc(F)ccc1S(=O)(=O)Nc1ccccc1C(=O)N1C[C@H](C)O[C@@H](C)C1. The molecular formula is C20H23FN2O4S. The van der Waals surface area contributed by atoms with Gasteiger partial charge in [-0.05, 0) is 56.7 Å². The van der Waals surface area contributed by atoms with Gasteiger partial charge < -0.3 is 9.64 Å². The maximum Gasteiger partial charge on any atom is 0.262 e. The van der Waals surface area contributed by atoms with Crippen LogP contribution in [0.4, 0.5) is 10.1 Å². The average Bonchev–Trinajstić information content (AvgIpc) is 2.60. The Morgan fingerprint density at radius 1 is 1.14 bits per heavy atom. The number of benzene rings is 2. The second-order valence-corrected chi connectivity index (χ2v) is 8.68. The van der Waals surface area contributed by atoms with Crippen LogP contribution >= 0.6 is 0 Å². The van der Waals surface area contributed by atoms with Crippen LogP contribution in [0.2, 0.25) is 0 Å². The van der Waals surface area contributed by atoms with E-state index < -0.39 is 15.8 Å². The van der Waals surface area contributed by atoms with Crippen molar-refractivity contribution in [2.45, 2.75) is 37.9 Å². The monoisotopic (exact) mass is 406 g/mol. The van der Waals surface area contributed by atoms with E-state index in [9.17, 15) is 17.6 Å². The maximum absolute atomic E-state index is 13.3. The third kappa shape index (κ3) is 4.34. The highest BCUT2D eigenvalue weighted by Crippen LogP contribution is 2.25. The summed E-state index contributed by atoms with van der Waals surface area (Å²) in [5, 5.41) is 0. The van der Waals surface area contributed by atoms with Gasteiger partial charge in [-0.25, -0.2) is 12.8 Å². The fourth-order valence-electron chi connectivity index (χ4n) is 3.39. The summed E-state index contributed by atoms with van der Waals surface area (Å²) in [5.74, 6) is -0.779. The minimum absolute atomic E-state index is 0.0373. The van der Waals surface area contributed by atoms with E-state index in [-0.39, 0.29) is 39.8 Å². The number of halogens is 1. The molecule has 1 saturated heterocycles. The number of para-hydroxylation sites is 1. The molecule has 1 aliphatic heterocycles. The molecule has 0 radical (unpaired) electrons. The summed E-state index contributed by atoms with van der Waals surface area (Å²) >= 11 is 0. The number of hydrogen-bond acceptors (Lipinski definition) is 4. The fourth-order valence-corrected chi connectivity index (χ4v) is 4.69. The highest BCUT2D eigenvalue weighted by molar-refractivity contribution is 7.92. The molecule has 0 unspecified atom stereocenters. The second-order valence-electron chi connectivity index (χ2n) is 7.03. The van der Waals surface area contributed by atoms with Gasteiger partial charge in [-0.15, -0.1) is 0 Å². The predicted molar refractivity (Wildman–Crippen MR) is 104 cm³/mol. The quantitative estimate of drug-likeness (QED) is 0.846. The van der Waals surface area contributed by atoms with Gasteiger partial charge in [0.1, 0.15) is 5.82 Å². The molecule has 2 atom stereocenters. The van der Waals surface area contributed by atoms with Gasteiger partial charge in [0.25, 0.3) is 15.9 Å². The van der Waals surface area contributed by atoms with Gasteiger partial charge in [0.2, 0.25) is 0 Å². The first kappa shape index (κ1) is 20.3. The number of aryl methyl sites for hydroxylation is 1. The Morgan fingerprint density at radius 3 is 2.43 bits per heavy atom. The van der Waals surface area contributed by atoms with Gasteiger partial charge in [-0.1, -0.05) is 12.1 Å². The molecule has 2 aromatic carbocycles. The van der Waals surface area contributed by atoms with Crippen LogP contribution in [-0.2, 0) is 14.8 Å². The van der Waals surface area contributed by atoms with Crippen LogP contribution in [0.3, 0.4) is 0 Å². The molecule has 6 nitrogen and oxygen atoms in total. The van der Waals surface area contributed by atoms with E-state index in [2.05, 4.69) is 4.72 Å². The molecule has 1 aliphatic rings. The van der Waals surface area contributed by atoms with Crippen molar-refractivity contribution in [3.8, 4) is 0 Å². The van der Waals surface area contributed by atoms with Crippen LogP contribution in [0.1, 0.15) is 29.8 Å². The van der Waals surface area contributed by atoms with Crippen molar-refractivity contribution >= 4 is 21.6 Å². The molecule has 3 rings (SSSR count). The van der Waals surface area contributed by atoms with E-state index in [4.69, 9.17) is 4.74 Å². The molecule has 0 bridgehead atoms. The van der Waals surface area contributed by atoms with Crippen LogP contribution in [-0.4, -0.2) is 44.5 Å². The lowest BCUT2D eigenvalue weighted by Gasteiger charge is -2.35. The molecular weight excluding hydrogens is 383 g/mol. The van der Waals surface area contributed by atoms with Crippen LogP contribution < -0.4 is 4.72 Å². The van der Waals surface area contributed by atoms with Gasteiger partial charge in [0.05, 0.1) is 28.4 Å². The zero-order chi connectivity index (χ0) is 20.5. The lowest BCUT2D eigenvalue weighted by molar-refractivity contribution is -0.0585. The predicted octanol–water partition coefficient (Wildman–Crippen LogP) is 3.18. The van der Waals surface area contributed by atoms with Crippen molar-refractivity contribution in [1.82, 2.24) is 4.90 Å². The lowest BCUT2D eigenvalue weighted by Crippen LogP contribution is -2.48. The van der Waals surface area contributed by atoms with Gasteiger partial charge in [0.15, 0.2) is 0 Å².